The molecule has 1 unspecified atom stereocenters. The molecular formula is C17H27NO2S. The van der Waals surface area contributed by atoms with E-state index in [1.165, 1.54) is 16.7 Å². The quantitative estimate of drug-likeness (QED) is 0.759. The van der Waals surface area contributed by atoms with Crippen LogP contribution in [0, 0.1) is 13.8 Å². The molecule has 0 fully saturated rings. The number of hydrogen-bond donors (Lipinski definition) is 2. The molecule has 1 aliphatic rings. The average molecular weight is 309 g/mol. The van der Waals surface area contributed by atoms with E-state index in [4.69, 9.17) is 9.84 Å². The van der Waals surface area contributed by atoms with Crippen molar-refractivity contribution in [2.45, 2.75) is 39.2 Å². The summed E-state index contributed by atoms with van der Waals surface area (Å²) in [6.07, 6.45) is 3.13. The molecule has 0 aromatic heterocycles. The Morgan fingerprint density at radius 3 is 3.00 bits per heavy atom. The molecule has 0 amide bonds. The predicted molar refractivity (Wildman–Crippen MR) is 90.4 cm³/mol. The second-order valence-corrected chi connectivity index (χ2v) is 6.91. The summed E-state index contributed by atoms with van der Waals surface area (Å²) in [5, 5.41) is 12.5. The molecule has 0 bridgehead atoms. The Kier molecular flexibility index (Phi) is 6.87. The Bertz CT molecular complexity index is 451. The molecule has 1 atom stereocenters. The van der Waals surface area contributed by atoms with Crippen molar-refractivity contribution in [1.29, 1.82) is 0 Å². The summed E-state index contributed by atoms with van der Waals surface area (Å²) in [6.45, 7) is 6.42. The molecule has 118 valence electrons. The van der Waals surface area contributed by atoms with Crippen LogP contribution >= 0.6 is 11.8 Å². The van der Waals surface area contributed by atoms with Gasteiger partial charge in [0.25, 0.3) is 0 Å². The highest BCUT2D eigenvalue weighted by molar-refractivity contribution is 7.99. The zero-order valence-electron chi connectivity index (χ0n) is 13.2. The number of hydrogen-bond acceptors (Lipinski definition) is 4. The maximum atomic E-state index is 8.78. The van der Waals surface area contributed by atoms with Gasteiger partial charge in [0.15, 0.2) is 0 Å². The molecule has 1 aromatic rings. The monoisotopic (exact) mass is 309 g/mol. The maximum absolute atomic E-state index is 8.78. The van der Waals surface area contributed by atoms with E-state index < -0.39 is 0 Å². The van der Waals surface area contributed by atoms with Crippen molar-refractivity contribution >= 4 is 11.8 Å². The molecule has 1 aliphatic heterocycles. The first-order chi connectivity index (χ1) is 10.2. The van der Waals surface area contributed by atoms with Gasteiger partial charge in [-0.05, 0) is 44.4 Å². The lowest BCUT2D eigenvalue weighted by molar-refractivity contribution is 0.296. The molecule has 0 radical (unpaired) electrons. The van der Waals surface area contributed by atoms with E-state index in [0.29, 0.717) is 12.6 Å². The molecular weight excluding hydrogens is 282 g/mol. The SMILES string of the molecule is Cc1cc(C)c2c(c1)C(NCCSCCCO)CCCO2. The third-order valence-electron chi connectivity index (χ3n) is 3.79. The van der Waals surface area contributed by atoms with Crippen LogP contribution in [0.25, 0.3) is 0 Å². The third kappa shape index (κ3) is 4.90. The van der Waals surface area contributed by atoms with Gasteiger partial charge < -0.3 is 15.2 Å². The van der Waals surface area contributed by atoms with Gasteiger partial charge in [0.2, 0.25) is 0 Å². The molecule has 4 heteroatoms. The Morgan fingerprint density at radius 2 is 2.19 bits per heavy atom. The lowest BCUT2D eigenvalue weighted by Gasteiger charge is -2.20. The van der Waals surface area contributed by atoms with E-state index in [-0.39, 0.29) is 0 Å². The number of aliphatic hydroxyl groups is 1. The second kappa shape index (κ2) is 8.66. The number of benzene rings is 1. The topological polar surface area (TPSA) is 41.5 Å². The van der Waals surface area contributed by atoms with Crippen LogP contribution in [0.1, 0.15) is 42.0 Å². The third-order valence-corrected chi connectivity index (χ3v) is 4.86. The van der Waals surface area contributed by atoms with Gasteiger partial charge in [0.1, 0.15) is 5.75 Å². The molecule has 2 rings (SSSR count). The summed E-state index contributed by atoms with van der Waals surface area (Å²) in [6, 6.07) is 4.87. The summed E-state index contributed by atoms with van der Waals surface area (Å²) in [5.74, 6) is 3.22. The van der Waals surface area contributed by atoms with Gasteiger partial charge >= 0.3 is 0 Å². The fourth-order valence-electron chi connectivity index (χ4n) is 2.85. The Balaban J connectivity index is 1.94. The Hall–Kier alpha value is -0.710. The summed E-state index contributed by atoms with van der Waals surface area (Å²) < 4.78 is 5.95. The first-order valence-electron chi connectivity index (χ1n) is 7.88. The minimum atomic E-state index is 0.298. The first-order valence-corrected chi connectivity index (χ1v) is 9.03. The molecule has 0 spiro atoms. The van der Waals surface area contributed by atoms with Gasteiger partial charge in [0, 0.05) is 30.5 Å². The normalized spacial score (nSPS) is 18.0. The highest BCUT2D eigenvalue weighted by Gasteiger charge is 2.21. The second-order valence-electron chi connectivity index (χ2n) is 5.69. The highest BCUT2D eigenvalue weighted by atomic mass is 32.2. The van der Waals surface area contributed by atoms with Gasteiger partial charge in [0.05, 0.1) is 6.61 Å². The number of thioether (sulfide) groups is 1. The molecule has 3 nitrogen and oxygen atoms in total. The average Bonchev–Trinajstić information content (AvgIpc) is 2.65. The highest BCUT2D eigenvalue weighted by Crippen LogP contribution is 2.35. The van der Waals surface area contributed by atoms with E-state index in [1.54, 1.807) is 0 Å². The van der Waals surface area contributed by atoms with Gasteiger partial charge in [-0.15, -0.1) is 0 Å². The molecule has 0 saturated heterocycles. The minimum absolute atomic E-state index is 0.298. The van der Waals surface area contributed by atoms with Crippen molar-refractivity contribution in [2.75, 3.05) is 31.3 Å². The van der Waals surface area contributed by atoms with Crippen LogP contribution in [0.4, 0.5) is 0 Å². The van der Waals surface area contributed by atoms with Crippen molar-refractivity contribution < 1.29 is 9.84 Å². The van der Waals surface area contributed by atoms with Gasteiger partial charge in [-0.25, -0.2) is 0 Å². The van der Waals surface area contributed by atoms with Gasteiger partial charge in [-0.2, -0.15) is 11.8 Å². The molecule has 21 heavy (non-hydrogen) atoms. The zero-order valence-corrected chi connectivity index (χ0v) is 14.0. The van der Waals surface area contributed by atoms with Crippen molar-refractivity contribution in [3.05, 3.63) is 28.8 Å². The van der Waals surface area contributed by atoms with Crippen molar-refractivity contribution in [1.82, 2.24) is 5.32 Å². The minimum Gasteiger partial charge on any atom is -0.493 e. The molecule has 0 aliphatic carbocycles. The fraction of sp³-hybridized carbons (Fsp3) is 0.647. The van der Waals surface area contributed by atoms with Crippen molar-refractivity contribution in [2.24, 2.45) is 0 Å². The van der Waals surface area contributed by atoms with Crippen LogP contribution in [0.15, 0.2) is 12.1 Å². The van der Waals surface area contributed by atoms with Crippen LogP contribution in [0.3, 0.4) is 0 Å². The molecule has 0 saturated carbocycles. The maximum Gasteiger partial charge on any atom is 0.126 e. The number of fused-ring (bicyclic) bond motifs is 1. The zero-order chi connectivity index (χ0) is 15.1. The van der Waals surface area contributed by atoms with E-state index in [1.807, 2.05) is 11.8 Å². The van der Waals surface area contributed by atoms with E-state index >= 15 is 0 Å². The summed E-state index contributed by atoms with van der Waals surface area (Å²) in [4.78, 5) is 0. The summed E-state index contributed by atoms with van der Waals surface area (Å²) in [5.41, 5.74) is 3.88. The van der Waals surface area contributed by atoms with E-state index in [2.05, 4.69) is 31.3 Å². The fourth-order valence-corrected chi connectivity index (χ4v) is 3.65. The van der Waals surface area contributed by atoms with Crippen molar-refractivity contribution in [3.8, 4) is 5.75 Å². The number of rotatable bonds is 7. The number of aryl methyl sites for hydroxylation is 2. The molecule has 1 aromatic carbocycles. The Labute approximate surface area is 132 Å². The number of aliphatic hydroxyl groups excluding tert-OH is 1. The lowest BCUT2D eigenvalue weighted by atomic mass is 9.97. The van der Waals surface area contributed by atoms with Gasteiger partial charge in [-0.1, -0.05) is 17.7 Å². The van der Waals surface area contributed by atoms with Crippen LogP contribution in [-0.4, -0.2) is 36.4 Å². The lowest BCUT2D eigenvalue weighted by Crippen LogP contribution is -2.24. The molecule has 2 N–H and O–H groups in total. The van der Waals surface area contributed by atoms with Crippen LogP contribution in [0.2, 0.25) is 0 Å². The summed E-state index contributed by atoms with van der Waals surface area (Å²) >= 11 is 1.91. The van der Waals surface area contributed by atoms with Crippen LogP contribution < -0.4 is 10.1 Å². The number of nitrogens with one attached hydrogen (secondary N) is 1. The summed E-state index contributed by atoms with van der Waals surface area (Å²) in [7, 11) is 0. The van der Waals surface area contributed by atoms with Crippen LogP contribution in [0.5, 0.6) is 5.75 Å². The largest absolute Gasteiger partial charge is 0.493 e. The van der Waals surface area contributed by atoms with Crippen molar-refractivity contribution in [3.63, 3.8) is 0 Å². The van der Waals surface area contributed by atoms with E-state index in [0.717, 1.165) is 49.7 Å². The van der Waals surface area contributed by atoms with Crippen LogP contribution in [-0.2, 0) is 0 Å². The van der Waals surface area contributed by atoms with Gasteiger partial charge in [-0.3, -0.25) is 0 Å². The predicted octanol–water partition coefficient (Wildman–Crippen LogP) is 3.22. The first kappa shape index (κ1) is 16.7. The smallest absolute Gasteiger partial charge is 0.126 e. The van der Waals surface area contributed by atoms with E-state index in [9.17, 15) is 0 Å². The standard InChI is InChI=1S/C17H27NO2S/c1-13-11-14(2)17-15(12-13)16(5-3-8-20-17)18-6-10-21-9-4-7-19/h11-12,16,18-19H,3-10H2,1-2H3. The molecule has 1 heterocycles. The Morgan fingerprint density at radius 1 is 1.33 bits per heavy atom. The number of ether oxygens (including phenoxy) is 1.